The topological polar surface area (TPSA) is 0 Å². The van der Waals surface area contributed by atoms with Crippen molar-refractivity contribution >= 4 is 11.6 Å². The zero-order valence-electron chi connectivity index (χ0n) is 9.99. The van der Waals surface area contributed by atoms with Gasteiger partial charge in [0.05, 0.1) is 0 Å². The molecule has 0 bridgehead atoms. The summed E-state index contributed by atoms with van der Waals surface area (Å²) in [4.78, 5) is 0. The molecule has 16 heavy (non-hydrogen) atoms. The molecule has 0 aromatic carbocycles. The second-order valence-corrected chi connectivity index (χ2v) is 5.44. The highest BCUT2D eigenvalue weighted by Crippen LogP contribution is 2.31. The van der Waals surface area contributed by atoms with Gasteiger partial charge in [0.2, 0.25) is 0 Å². The summed E-state index contributed by atoms with van der Waals surface area (Å²) in [6, 6.07) is 0. The van der Waals surface area contributed by atoms with Gasteiger partial charge in [-0.2, -0.15) is 0 Å². The lowest BCUT2D eigenvalue weighted by atomic mass is 9.82. The first-order valence-corrected chi connectivity index (χ1v) is 6.46. The Hall–Kier alpha value is -0.750. The molecule has 2 unspecified atom stereocenters. The molecule has 0 N–H and O–H groups in total. The van der Waals surface area contributed by atoms with Crippen LogP contribution in [0.25, 0.3) is 0 Å². The smallest absolute Gasteiger partial charge is 0.0363 e. The quantitative estimate of drug-likeness (QED) is 0.641. The van der Waals surface area contributed by atoms with E-state index in [2.05, 4.69) is 44.2 Å². The number of hydrogen-bond acceptors (Lipinski definition) is 0. The molecule has 0 aromatic rings. The van der Waals surface area contributed by atoms with Crippen molar-refractivity contribution in [2.45, 2.75) is 26.7 Å². The Morgan fingerprint density at radius 1 is 1.25 bits per heavy atom. The van der Waals surface area contributed by atoms with Crippen LogP contribution in [0.2, 0.25) is 0 Å². The average Bonchev–Trinajstić information content (AvgIpc) is 2.30. The summed E-state index contributed by atoms with van der Waals surface area (Å²) in [5.41, 5.74) is 1.46. The second kappa shape index (κ2) is 5.05. The predicted molar refractivity (Wildman–Crippen MR) is 71.4 cm³/mol. The largest absolute Gasteiger partial charge is 0.0847 e. The van der Waals surface area contributed by atoms with Gasteiger partial charge in [0, 0.05) is 11.0 Å². The zero-order valence-corrected chi connectivity index (χ0v) is 10.7. The van der Waals surface area contributed by atoms with Gasteiger partial charge >= 0.3 is 0 Å². The third-order valence-electron chi connectivity index (χ3n) is 3.46. The molecule has 0 nitrogen and oxygen atoms in total. The summed E-state index contributed by atoms with van der Waals surface area (Å²) in [7, 11) is 0. The van der Waals surface area contributed by atoms with Crippen LogP contribution in [-0.4, -0.2) is 0 Å². The Morgan fingerprint density at radius 3 is 2.69 bits per heavy atom. The van der Waals surface area contributed by atoms with E-state index in [1.807, 2.05) is 6.08 Å². The highest BCUT2D eigenvalue weighted by molar-refractivity contribution is 6.31. The van der Waals surface area contributed by atoms with Crippen LogP contribution in [0.3, 0.4) is 0 Å². The SMILES string of the molecule is CC(C)C1C=C(C2C=CC(Cl)=CC2)C=CC1. The summed E-state index contributed by atoms with van der Waals surface area (Å²) in [6.07, 6.45) is 15.6. The van der Waals surface area contributed by atoms with Gasteiger partial charge in [0.15, 0.2) is 0 Å². The summed E-state index contributed by atoms with van der Waals surface area (Å²) in [5, 5.41) is 0.872. The lowest BCUT2D eigenvalue weighted by Gasteiger charge is -2.24. The molecular weight excluding hydrogens is 216 g/mol. The Labute approximate surface area is 103 Å². The standard InChI is InChI=1S/C15H19Cl/c1-11(2)13-4-3-5-14(10-13)12-6-8-15(16)9-7-12/h3,5-6,8-13H,4,7H2,1-2H3. The van der Waals surface area contributed by atoms with Gasteiger partial charge in [-0.05, 0) is 36.3 Å². The van der Waals surface area contributed by atoms with Crippen LogP contribution >= 0.6 is 11.6 Å². The molecule has 0 heterocycles. The van der Waals surface area contributed by atoms with Crippen LogP contribution in [0.15, 0.2) is 47.1 Å². The maximum absolute atomic E-state index is 5.94. The van der Waals surface area contributed by atoms with E-state index in [0.717, 1.165) is 17.4 Å². The van der Waals surface area contributed by atoms with Crippen LogP contribution in [0.4, 0.5) is 0 Å². The van der Waals surface area contributed by atoms with Gasteiger partial charge in [-0.1, -0.05) is 55.8 Å². The fourth-order valence-electron chi connectivity index (χ4n) is 2.29. The molecule has 1 heteroatoms. The molecule has 2 rings (SSSR count). The van der Waals surface area contributed by atoms with E-state index in [1.165, 1.54) is 12.0 Å². The Bertz CT molecular complexity index is 369. The van der Waals surface area contributed by atoms with Crippen LogP contribution in [0.1, 0.15) is 26.7 Å². The van der Waals surface area contributed by atoms with Crippen molar-refractivity contribution in [3.8, 4) is 0 Å². The molecule has 0 saturated carbocycles. The van der Waals surface area contributed by atoms with Gasteiger partial charge < -0.3 is 0 Å². The van der Waals surface area contributed by atoms with E-state index in [4.69, 9.17) is 11.6 Å². The van der Waals surface area contributed by atoms with Crippen molar-refractivity contribution in [3.05, 3.63) is 47.1 Å². The number of rotatable bonds is 2. The van der Waals surface area contributed by atoms with E-state index >= 15 is 0 Å². The predicted octanol–water partition coefficient (Wildman–Crippen LogP) is 4.84. The van der Waals surface area contributed by atoms with E-state index < -0.39 is 0 Å². The fourth-order valence-corrected chi connectivity index (χ4v) is 2.45. The molecule has 0 aliphatic heterocycles. The van der Waals surface area contributed by atoms with E-state index in [1.54, 1.807) is 0 Å². The molecule has 2 atom stereocenters. The third-order valence-corrected chi connectivity index (χ3v) is 3.74. The lowest BCUT2D eigenvalue weighted by molar-refractivity contribution is 0.461. The second-order valence-electron chi connectivity index (χ2n) is 5.00. The molecular formula is C15H19Cl. The molecule has 2 aliphatic carbocycles. The number of hydrogen-bond donors (Lipinski definition) is 0. The molecule has 2 aliphatic rings. The van der Waals surface area contributed by atoms with Crippen LogP contribution < -0.4 is 0 Å². The Balaban J connectivity index is 2.10. The molecule has 0 fully saturated rings. The Morgan fingerprint density at radius 2 is 2.06 bits per heavy atom. The zero-order chi connectivity index (χ0) is 11.5. The molecule has 0 amide bonds. The van der Waals surface area contributed by atoms with Crippen molar-refractivity contribution in [1.82, 2.24) is 0 Å². The normalized spacial score (nSPS) is 29.2. The van der Waals surface area contributed by atoms with Crippen molar-refractivity contribution in [2.75, 3.05) is 0 Å². The first-order valence-electron chi connectivity index (χ1n) is 6.09. The minimum Gasteiger partial charge on any atom is -0.0847 e. The molecule has 0 saturated heterocycles. The van der Waals surface area contributed by atoms with Crippen LogP contribution in [-0.2, 0) is 0 Å². The molecule has 86 valence electrons. The van der Waals surface area contributed by atoms with Crippen molar-refractivity contribution in [1.29, 1.82) is 0 Å². The molecule has 0 spiro atoms. The first kappa shape index (κ1) is 11.7. The van der Waals surface area contributed by atoms with Gasteiger partial charge in [0.1, 0.15) is 0 Å². The fraction of sp³-hybridized carbons (Fsp3) is 0.467. The van der Waals surface area contributed by atoms with Crippen molar-refractivity contribution in [2.24, 2.45) is 17.8 Å². The Kier molecular flexibility index (Phi) is 3.70. The third kappa shape index (κ3) is 2.68. The summed E-state index contributed by atoms with van der Waals surface area (Å²) < 4.78 is 0. The van der Waals surface area contributed by atoms with E-state index in [-0.39, 0.29) is 0 Å². The van der Waals surface area contributed by atoms with Crippen LogP contribution in [0.5, 0.6) is 0 Å². The van der Waals surface area contributed by atoms with E-state index in [0.29, 0.717) is 11.8 Å². The highest BCUT2D eigenvalue weighted by atomic mass is 35.5. The van der Waals surface area contributed by atoms with Crippen molar-refractivity contribution in [3.63, 3.8) is 0 Å². The van der Waals surface area contributed by atoms with Crippen LogP contribution in [0, 0.1) is 17.8 Å². The molecule has 0 radical (unpaired) electrons. The minimum atomic E-state index is 0.528. The summed E-state index contributed by atoms with van der Waals surface area (Å²) in [5.74, 6) is 1.96. The van der Waals surface area contributed by atoms with Gasteiger partial charge in [-0.15, -0.1) is 0 Å². The van der Waals surface area contributed by atoms with Gasteiger partial charge in [0.25, 0.3) is 0 Å². The number of halogens is 1. The average molecular weight is 235 g/mol. The first-order chi connectivity index (χ1) is 7.66. The van der Waals surface area contributed by atoms with Gasteiger partial charge in [-0.25, -0.2) is 0 Å². The summed E-state index contributed by atoms with van der Waals surface area (Å²) >= 11 is 5.94. The summed E-state index contributed by atoms with van der Waals surface area (Å²) in [6.45, 7) is 4.59. The molecule has 0 aromatic heterocycles. The van der Waals surface area contributed by atoms with E-state index in [9.17, 15) is 0 Å². The number of allylic oxidation sites excluding steroid dienone is 8. The minimum absolute atomic E-state index is 0.528. The maximum atomic E-state index is 5.94. The highest BCUT2D eigenvalue weighted by Gasteiger charge is 2.18. The monoisotopic (exact) mass is 234 g/mol. The van der Waals surface area contributed by atoms with Crippen molar-refractivity contribution < 1.29 is 0 Å². The van der Waals surface area contributed by atoms with Gasteiger partial charge in [-0.3, -0.25) is 0 Å². The lowest BCUT2D eigenvalue weighted by Crippen LogP contribution is -2.11. The maximum Gasteiger partial charge on any atom is 0.0363 e.